The van der Waals surface area contributed by atoms with Gasteiger partial charge in [-0.3, -0.25) is 4.79 Å². The molecule has 3 aromatic carbocycles. The van der Waals surface area contributed by atoms with Gasteiger partial charge in [0.05, 0.1) is 23.3 Å². The van der Waals surface area contributed by atoms with E-state index < -0.39 is 0 Å². The van der Waals surface area contributed by atoms with Gasteiger partial charge in [0, 0.05) is 29.3 Å². The number of hydrogen-bond donors (Lipinski definition) is 0. The van der Waals surface area contributed by atoms with Crippen molar-refractivity contribution < 1.29 is 4.79 Å². The van der Waals surface area contributed by atoms with Crippen LogP contribution in [0.25, 0.3) is 0 Å². The lowest BCUT2D eigenvalue weighted by Crippen LogP contribution is -2.32. The van der Waals surface area contributed by atoms with Gasteiger partial charge in [-0.05, 0) is 92.0 Å². The molecule has 2 saturated heterocycles. The van der Waals surface area contributed by atoms with Crippen molar-refractivity contribution in [1.82, 2.24) is 14.9 Å². The Balaban J connectivity index is 1.33. The zero-order chi connectivity index (χ0) is 28.3. The number of benzene rings is 3. The van der Waals surface area contributed by atoms with E-state index in [9.17, 15) is 4.79 Å². The van der Waals surface area contributed by atoms with Crippen LogP contribution in [0.3, 0.4) is 0 Å². The van der Waals surface area contributed by atoms with E-state index in [4.69, 9.17) is 33.2 Å². The van der Waals surface area contributed by atoms with Crippen molar-refractivity contribution in [1.29, 1.82) is 0 Å². The molecule has 0 aliphatic carbocycles. The molecule has 2 aliphatic rings. The molecule has 4 aromatic rings. The van der Waals surface area contributed by atoms with Crippen molar-refractivity contribution in [2.45, 2.75) is 57.5 Å². The second kappa shape index (κ2) is 12.2. The second-order valence-electron chi connectivity index (χ2n) is 11.1. The standard InChI is InChI=1S/C34H34Cl2N4O/c1-23-6-2-3-7-24(23)14-19-30-29(33(41)39-20-4-8-31(39)25-10-15-27(35)16-11-25)22-37-34(38-30)40-21-5-9-32(40)26-12-17-28(36)18-13-26/h2-3,6-7,10-13,15-18,22,31-32H,4-5,8-9,14,19-21H2,1H3/t31-,32-/m0/s1. The lowest BCUT2D eigenvalue weighted by molar-refractivity contribution is 0.0733. The summed E-state index contributed by atoms with van der Waals surface area (Å²) < 4.78 is 0. The molecule has 0 bridgehead atoms. The van der Waals surface area contributed by atoms with Gasteiger partial charge in [0.25, 0.3) is 5.91 Å². The van der Waals surface area contributed by atoms with Crippen molar-refractivity contribution >= 4 is 35.1 Å². The summed E-state index contributed by atoms with van der Waals surface area (Å²) in [5.74, 6) is 0.693. The Bertz CT molecular complexity index is 1520. The molecule has 6 rings (SSSR count). The smallest absolute Gasteiger partial charge is 0.257 e. The van der Waals surface area contributed by atoms with Gasteiger partial charge in [-0.15, -0.1) is 0 Å². The highest BCUT2D eigenvalue weighted by Gasteiger charge is 2.33. The zero-order valence-electron chi connectivity index (χ0n) is 23.3. The summed E-state index contributed by atoms with van der Waals surface area (Å²) in [7, 11) is 0. The Morgan fingerprint density at radius 3 is 2.17 bits per heavy atom. The average Bonchev–Trinajstić information content (AvgIpc) is 3.68. The van der Waals surface area contributed by atoms with Crippen LogP contribution in [0, 0.1) is 6.92 Å². The predicted molar refractivity (Wildman–Crippen MR) is 166 cm³/mol. The van der Waals surface area contributed by atoms with Gasteiger partial charge in [-0.25, -0.2) is 9.97 Å². The second-order valence-corrected chi connectivity index (χ2v) is 11.9. The van der Waals surface area contributed by atoms with E-state index in [0.29, 0.717) is 23.0 Å². The maximum absolute atomic E-state index is 14.1. The number of hydrogen-bond acceptors (Lipinski definition) is 4. The number of rotatable bonds is 7. The summed E-state index contributed by atoms with van der Waals surface area (Å²) in [6.07, 6.45) is 7.24. The first-order valence-electron chi connectivity index (χ1n) is 14.5. The maximum atomic E-state index is 14.1. The summed E-state index contributed by atoms with van der Waals surface area (Å²) in [6.45, 7) is 3.73. The minimum absolute atomic E-state index is 0.00413. The molecule has 210 valence electrons. The fourth-order valence-electron chi connectivity index (χ4n) is 6.29. The molecule has 2 aliphatic heterocycles. The van der Waals surface area contributed by atoms with E-state index >= 15 is 0 Å². The molecule has 0 N–H and O–H groups in total. The molecule has 5 nitrogen and oxygen atoms in total. The molecule has 0 unspecified atom stereocenters. The number of halogens is 2. The quantitative estimate of drug-likeness (QED) is 0.219. The van der Waals surface area contributed by atoms with Crippen LogP contribution in [-0.4, -0.2) is 33.9 Å². The van der Waals surface area contributed by atoms with Crippen LogP contribution in [-0.2, 0) is 12.8 Å². The van der Waals surface area contributed by atoms with Gasteiger partial charge in [-0.1, -0.05) is 71.7 Å². The first-order valence-corrected chi connectivity index (χ1v) is 15.2. The lowest BCUT2D eigenvalue weighted by atomic mass is 10.0. The van der Waals surface area contributed by atoms with Crippen molar-refractivity contribution in [2.24, 2.45) is 0 Å². The van der Waals surface area contributed by atoms with Gasteiger partial charge in [0.15, 0.2) is 0 Å². The Kier molecular flexibility index (Phi) is 8.27. The van der Waals surface area contributed by atoms with Crippen molar-refractivity contribution in [3.8, 4) is 0 Å². The summed E-state index contributed by atoms with van der Waals surface area (Å²) in [4.78, 5) is 28.3. The van der Waals surface area contributed by atoms with Gasteiger partial charge in [0.2, 0.25) is 5.95 Å². The first-order chi connectivity index (χ1) is 20.0. The largest absolute Gasteiger partial charge is 0.334 e. The van der Waals surface area contributed by atoms with Gasteiger partial charge in [0.1, 0.15) is 0 Å². The number of aromatic nitrogens is 2. The van der Waals surface area contributed by atoms with Crippen LogP contribution in [0.2, 0.25) is 10.0 Å². The Morgan fingerprint density at radius 2 is 1.46 bits per heavy atom. The van der Waals surface area contributed by atoms with Crippen LogP contribution >= 0.6 is 23.2 Å². The summed E-state index contributed by atoms with van der Waals surface area (Å²) in [5.41, 5.74) is 6.25. The number of amides is 1. The molecule has 1 amide bonds. The first kappa shape index (κ1) is 27.7. The van der Waals surface area contributed by atoms with Crippen molar-refractivity contribution in [2.75, 3.05) is 18.0 Å². The molecule has 41 heavy (non-hydrogen) atoms. The fraction of sp³-hybridized carbons (Fsp3) is 0.324. The zero-order valence-corrected chi connectivity index (χ0v) is 24.8. The molecular weight excluding hydrogens is 551 g/mol. The van der Waals surface area contributed by atoms with Crippen LogP contribution < -0.4 is 4.90 Å². The molecule has 2 fully saturated rings. The van der Waals surface area contributed by atoms with E-state index in [1.807, 2.05) is 41.3 Å². The van der Waals surface area contributed by atoms with Crippen LogP contribution in [0.1, 0.15) is 76.1 Å². The molecule has 7 heteroatoms. The average molecular weight is 586 g/mol. The maximum Gasteiger partial charge on any atom is 0.257 e. The van der Waals surface area contributed by atoms with E-state index in [2.05, 4.69) is 48.2 Å². The van der Waals surface area contributed by atoms with E-state index in [1.54, 1.807) is 6.20 Å². The molecule has 2 atom stereocenters. The third kappa shape index (κ3) is 5.98. The third-order valence-corrected chi connectivity index (χ3v) is 9.01. The lowest BCUT2D eigenvalue weighted by Gasteiger charge is -2.28. The number of nitrogens with zero attached hydrogens (tertiary/aromatic N) is 4. The molecular formula is C34H34Cl2N4O. The van der Waals surface area contributed by atoms with Crippen molar-refractivity contribution in [3.63, 3.8) is 0 Å². The van der Waals surface area contributed by atoms with Crippen molar-refractivity contribution in [3.05, 3.63) is 123 Å². The predicted octanol–water partition coefficient (Wildman–Crippen LogP) is 8.20. The highest BCUT2D eigenvalue weighted by molar-refractivity contribution is 6.30. The molecule has 0 spiro atoms. The fourth-order valence-corrected chi connectivity index (χ4v) is 6.54. The highest BCUT2D eigenvalue weighted by atomic mass is 35.5. The molecule has 3 heterocycles. The topological polar surface area (TPSA) is 49.3 Å². The summed E-state index contributed by atoms with van der Waals surface area (Å²) in [5, 5.41) is 1.43. The van der Waals surface area contributed by atoms with Crippen LogP contribution in [0.5, 0.6) is 0 Å². The SMILES string of the molecule is Cc1ccccc1CCc1nc(N2CCC[C@H]2c2ccc(Cl)cc2)ncc1C(=O)N1CCC[C@H]1c1ccc(Cl)cc1. The van der Waals surface area contributed by atoms with Crippen LogP contribution in [0.15, 0.2) is 79.0 Å². The minimum Gasteiger partial charge on any atom is -0.334 e. The van der Waals surface area contributed by atoms with E-state index in [0.717, 1.165) is 61.5 Å². The Morgan fingerprint density at radius 1 is 0.829 bits per heavy atom. The van der Waals surface area contributed by atoms with Crippen LogP contribution in [0.4, 0.5) is 5.95 Å². The molecule has 0 saturated carbocycles. The van der Waals surface area contributed by atoms with Gasteiger partial charge >= 0.3 is 0 Å². The molecule has 1 aromatic heterocycles. The normalized spacial score (nSPS) is 18.7. The molecule has 0 radical (unpaired) electrons. The monoisotopic (exact) mass is 584 g/mol. The number of carbonyl (C=O) groups excluding carboxylic acids is 1. The third-order valence-electron chi connectivity index (χ3n) is 8.51. The van der Waals surface area contributed by atoms with Gasteiger partial charge < -0.3 is 9.80 Å². The number of carbonyl (C=O) groups is 1. The van der Waals surface area contributed by atoms with E-state index in [-0.39, 0.29) is 18.0 Å². The number of aryl methyl sites for hydroxylation is 3. The summed E-state index contributed by atoms with van der Waals surface area (Å²) in [6, 6.07) is 24.6. The number of anilines is 1. The Labute approximate surface area is 252 Å². The van der Waals surface area contributed by atoms with E-state index in [1.165, 1.54) is 16.7 Å². The van der Waals surface area contributed by atoms with Gasteiger partial charge in [-0.2, -0.15) is 0 Å². The minimum atomic E-state index is 0.00413. The highest BCUT2D eigenvalue weighted by Crippen LogP contribution is 2.37. The number of likely N-dealkylation sites (tertiary alicyclic amines) is 1. The Hall–Kier alpha value is -3.41. The summed E-state index contributed by atoms with van der Waals surface area (Å²) >= 11 is 12.3.